The molecule has 0 radical (unpaired) electrons. The van der Waals surface area contributed by atoms with E-state index in [0.717, 1.165) is 0 Å². The zero-order valence-electron chi connectivity index (χ0n) is 9.86. The van der Waals surface area contributed by atoms with Gasteiger partial charge in [-0.3, -0.25) is 0 Å². The average molecular weight is 239 g/mol. The fourth-order valence-corrected chi connectivity index (χ4v) is 1.86. The molecule has 0 unspecified atom stereocenters. The average Bonchev–Trinajstić information content (AvgIpc) is 2.80. The van der Waals surface area contributed by atoms with Crippen LogP contribution in [0.2, 0.25) is 0 Å². The Hall–Kier alpha value is -1.40. The number of nitrogens with two attached hydrogens (primary N) is 1. The van der Waals surface area contributed by atoms with Gasteiger partial charge in [0, 0.05) is 13.2 Å². The third-order valence-electron chi connectivity index (χ3n) is 2.93. The molecule has 1 aliphatic rings. The van der Waals surface area contributed by atoms with Gasteiger partial charge in [-0.2, -0.15) is 0 Å². The first-order valence-corrected chi connectivity index (χ1v) is 5.75. The molecule has 2 rings (SSSR count). The first-order valence-electron chi connectivity index (χ1n) is 5.75. The summed E-state index contributed by atoms with van der Waals surface area (Å²) >= 11 is 0. The second kappa shape index (κ2) is 4.85. The van der Waals surface area contributed by atoms with E-state index in [4.69, 9.17) is 15.2 Å². The van der Waals surface area contributed by atoms with Gasteiger partial charge < -0.3 is 20.2 Å². The molecule has 1 aromatic heterocycles. The first kappa shape index (κ1) is 12.1. The predicted octanol–water partition coefficient (Wildman–Crippen LogP) is 0.551. The lowest BCUT2D eigenvalue weighted by Crippen LogP contribution is -2.43. The molecule has 1 saturated heterocycles. The van der Waals surface area contributed by atoms with E-state index < -0.39 is 11.5 Å². The first-order chi connectivity index (χ1) is 8.15. The van der Waals surface area contributed by atoms with Crippen LogP contribution in [0.15, 0.2) is 6.20 Å². The van der Waals surface area contributed by atoms with Crippen molar-refractivity contribution < 1.29 is 14.3 Å². The van der Waals surface area contributed by atoms with Crippen LogP contribution in [-0.2, 0) is 15.0 Å². The molecule has 0 aliphatic carbocycles. The Kier molecular flexibility index (Phi) is 3.44. The molecule has 2 heterocycles. The van der Waals surface area contributed by atoms with E-state index in [0.29, 0.717) is 44.2 Å². The number of aromatic amines is 1. The zero-order chi connectivity index (χ0) is 12.3. The van der Waals surface area contributed by atoms with Gasteiger partial charge in [-0.05, 0) is 19.8 Å². The Morgan fingerprint density at radius 1 is 1.65 bits per heavy atom. The van der Waals surface area contributed by atoms with Gasteiger partial charge in [-0.1, -0.05) is 0 Å². The number of nitrogens with zero attached hydrogens (tertiary/aromatic N) is 1. The van der Waals surface area contributed by atoms with Crippen molar-refractivity contribution in [2.45, 2.75) is 25.3 Å². The molecular weight excluding hydrogens is 222 g/mol. The summed E-state index contributed by atoms with van der Waals surface area (Å²) in [6.07, 6.45) is 2.86. The number of aromatic nitrogens is 2. The fourth-order valence-electron chi connectivity index (χ4n) is 1.86. The number of hydrogen-bond acceptors (Lipinski definition) is 5. The summed E-state index contributed by atoms with van der Waals surface area (Å²) in [4.78, 5) is 18.6. The van der Waals surface area contributed by atoms with Crippen molar-refractivity contribution in [3.05, 3.63) is 17.7 Å². The molecule has 0 bridgehead atoms. The molecule has 3 N–H and O–H groups in total. The molecule has 1 fully saturated rings. The third kappa shape index (κ3) is 2.48. The second-order valence-corrected chi connectivity index (χ2v) is 4.13. The van der Waals surface area contributed by atoms with Gasteiger partial charge in [0.05, 0.1) is 18.3 Å². The van der Waals surface area contributed by atoms with Crippen molar-refractivity contribution in [1.29, 1.82) is 0 Å². The maximum absolute atomic E-state index is 11.5. The van der Waals surface area contributed by atoms with Crippen LogP contribution in [0.5, 0.6) is 0 Å². The number of carbonyl (C=O) groups is 1. The number of H-pyrrole nitrogens is 1. The van der Waals surface area contributed by atoms with E-state index >= 15 is 0 Å². The maximum atomic E-state index is 11.5. The van der Waals surface area contributed by atoms with Crippen LogP contribution in [-0.4, -0.2) is 35.8 Å². The summed E-state index contributed by atoms with van der Waals surface area (Å²) in [7, 11) is 0. The zero-order valence-corrected chi connectivity index (χ0v) is 9.86. The maximum Gasteiger partial charge on any atom is 0.356 e. The normalized spacial score (nSPS) is 18.9. The van der Waals surface area contributed by atoms with Crippen molar-refractivity contribution in [1.82, 2.24) is 9.97 Å². The monoisotopic (exact) mass is 239 g/mol. The Labute approximate surface area is 99.5 Å². The number of carbonyl (C=O) groups excluding carboxylic acids is 1. The van der Waals surface area contributed by atoms with Gasteiger partial charge in [0.15, 0.2) is 0 Å². The predicted molar refractivity (Wildman–Crippen MR) is 60.5 cm³/mol. The molecule has 6 heteroatoms. The van der Waals surface area contributed by atoms with Crippen LogP contribution in [0.4, 0.5) is 0 Å². The van der Waals surface area contributed by atoms with E-state index in [1.165, 1.54) is 6.20 Å². The lowest BCUT2D eigenvalue weighted by atomic mass is 9.91. The summed E-state index contributed by atoms with van der Waals surface area (Å²) in [5, 5.41) is 0. The van der Waals surface area contributed by atoms with Crippen LogP contribution in [0.25, 0.3) is 0 Å². The highest BCUT2D eigenvalue weighted by Crippen LogP contribution is 2.26. The molecule has 1 aliphatic heterocycles. The number of nitrogens with one attached hydrogen (secondary N) is 1. The fraction of sp³-hybridized carbons (Fsp3) is 0.636. The topological polar surface area (TPSA) is 90.2 Å². The summed E-state index contributed by atoms with van der Waals surface area (Å²) in [6.45, 7) is 3.34. The molecule has 94 valence electrons. The van der Waals surface area contributed by atoms with E-state index in [-0.39, 0.29) is 0 Å². The van der Waals surface area contributed by atoms with Gasteiger partial charge in [0.25, 0.3) is 0 Å². The van der Waals surface area contributed by atoms with Crippen LogP contribution >= 0.6 is 0 Å². The number of ether oxygens (including phenoxy) is 2. The quantitative estimate of drug-likeness (QED) is 0.752. The summed E-state index contributed by atoms with van der Waals surface area (Å²) in [5.74, 6) is 0.228. The van der Waals surface area contributed by atoms with Crippen molar-refractivity contribution in [3.8, 4) is 0 Å². The minimum Gasteiger partial charge on any atom is -0.461 e. The summed E-state index contributed by atoms with van der Waals surface area (Å²) < 4.78 is 10.2. The van der Waals surface area contributed by atoms with Gasteiger partial charge in [0.2, 0.25) is 0 Å². The van der Waals surface area contributed by atoms with Gasteiger partial charge in [-0.25, -0.2) is 9.78 Å². The second-order valence-electron chi connectivity index (χ2n) is 4.13. The third-order valence-corrected chi connectivity index (χ3v) is 2.93. The van der Waals surface area contributed by atoms with E-state index in [1.54, 1.807) is 6.92 Å². The molecule has 6 nitrogen and oxygen atoms in total. The molecule has 0 amide bonds. The highest BCUT2D eigenvalue weighted by atomic mass is 16.5. The number of rotatable bonds is 3. The van der Waals surface area contributed by atoms with Gasteiger partial charge in [-0.15, -0.1) is 0 Å². The van der Waals surface area contributed by atoms with Gasteiger partial charge >= 0.3 is 5.97 Å². The number of hydrogen-bond donors (Lipinski definition) is 2. The Morgan fingerprint density at radius 2 is 2.35 bits per heavy atom. The largest absolute Gasteiger partial charge is 0.461 e. The standard InChI is InChI=1S/C11H17N3O3/c1-2-17-9(15)8-7-13-10(14-8)11(12)3-5-16-6-4-11/h7H,2-6,12H2,1H3,(H,13,14). The Morgan fingerprint density at radius 3 is 3.00 bits per heavy atom. The van der Waals surface area contributed by atoms with Crippen LogP contribution in [0, 0.1) is 0 Å². The smallest absolute Gasteiger partial charge is 0.356 e. The van der Waals surface area contributed by atoms with Crippen molar-refractivity contribution >= 4 is 5.97 Å². The van der Waals surface area contributed by atoms with E-state index in [9.17, 15) is 4.79 Å². The van der Waals surface area contributed by atoms with E-state index in [1.807, 2.05) is 0 Å². The molecule has 1 aromatic rings. The highest BCUT2D eigenvalue weighted by molar-refractivity contribution is 5.87. The summed E-state index contributed by atoms with van der Waals surface area (Å²) in [6, 6.07) is 0. The molecular formula is C11H17N3O3. The van der Waals surface area contributed by atoms with Gasteiger partial charge in [0.1, 0.15) is 11.5 Å². The SMILES string of the molecule is CCOC(=O)c1cnc(C2(N)CCOCC2)[nH]1. The number of imidazole rings is 1. The van der Waals surface area contributed by atoms with Crippen molar-refractivity contribution in [2.24, 2.45) is 5.73 Å². The summed E-state index contributed by atoms with van der Waals surface area (Å²) in [5.41, 5.74) is 6.06. The molecule has 17 heavy (non-hydrogen) atoms. The molecule has 0 aromatic carbocycles. The van der Waals surface area contributed by atoms with Crippen molar-refractivity contribution in [2.75, 3.05) is 19.8 Å². The Balaban J connectivity index is 2.14. The minimum atomic E-state index is -0.525. The molecule has 0 saturated carbocycles. The number of esters is 1. The highest BCUT2D eigenvalue weighted by Gasteiger charge is 2.33. The van der Waals surface area contributed by atoms with Crippen LogP contribution in [0.3, 0.4) is 0 Å². The van der Waals surface area contributed by atoms with Crippen molar-refractivity contribution in [3.63, 3.8) is 0 Å². The van der Waals surface area contributed by atoms with E-state index in [2.05, 4.69) is 9.97 Å². The minimum absolute atomic E-state index is 0.342. The lowest BCUT2D eigenvalue weighted by molar-refractivity contribution is 0.0488. The Bertz CT molecular complexity index is 396. The van der Waals surface area contributed by atoms with Crippen LogP contribution < -0.4 is 5.73 Å². The lowest BCUT2D eigenvalue weighted by Gasteiger charge is -2.31. The molecule has 0 spiro atoms. The molecule has 0 atom stereocenters. The van der Waals surface area contributed by atoms with Crippen LogP contribution in [0.1, 0.15) is 36.1 Å².